The molecule has 8 aromatic carbocycles. The predicted octanol–water partition coefficient (Wildman–Crippen LogP) is 13.6. The van der Waals surface area contributed by atoms with E-state index in [9.17, 15) is 0 Å². The first kappa shape index (κ1) is 30.7. The molecular weight excluding hydrogens is 677 g/mol. The molecular formula is C49H32N4S. The number of thiazole rings is 1. The second kappa shape index (κ2) is 12.3. The fourth-order valence-electron chi connectivity index (χ4n) is 8.17. The number of rotatable bonds is 6. The van der Waals surface area contributed by atoms with E-state index in [1.165, 1.54) is 42.8 Å². The minimum absolute atomic E-state index is 1.04. The molecule has 0 saturated carbocycles. The summed E-state index contributed by atoms with van der Waals surface area (Å²) in [5.41, 5.74) is 12.5. The van der Waals surface area contributed by atoms with Gasteiger partial charge in [0.15, 0.2) is 0 Å². The van der Waals surface area contributed by atoms with Gasteiger partial charge in [0.1, 0.15) is 5.01 Å². The minimum Gasteiger partial charge on any atom is -0.310 e. The molecule has 0 aliphatic carbocycles. The molecule has 0 fully saturated rings. The Balaban J connectivity index is 1.06. The van der Waals surface area contributed by atoms with Crippen LogP contribution in [0.4, 0.5) is 17.1 Å². The number of benzene rings is 8. The van der Waals surface area contributed by atoms with Crippen LogP contribution in [-0.2, 0) is 0 Å². The molecule has 0 atom stereocenters. The summed E-state index contributed by atoms with van der Waals surface area (Å²) in [6.07, 6.45) is 0. The van der Waals surface area contributed by atoms with Gasteiger partial charge in [-0.05, 0) is 103 Å². The highest BCUT2D eigenvalue weighted by Crippen LogP contribution is 2.44. The maximum atomic E-state index is 4.92. The summed E-state index contributed by atoms with van der Waals surface area (Å²) in [4.78, 5) is 7.31. The van der Waals surface area contributed by atoms with Crippen LogP contribution in [0.15, 0.2) is 194 Å². The van der Waals surface area contributed by atoms with Crippen molar-refractivity contribution in [3.8, 4) is 21.9 Å². The lowest BCUT2D eigenvalue weighted by Crippen LogP contribution is -2.10. The molecule has 254 valence electrons. The number of nitrogens with zero attached hydrogens (tertiary/aromatic N) is 4. The second-order valence-corrected chi connectivity index (χ2v) is 14.6. The van der Waals surface area contributed by atoms with Gasteiger partial charge in [0.2, 0.25) is 0 Å². The average Bonchev–Trinajstić information content (AvgIpc) is 3.93. The van der Waals surface area contributed by atoms with Gasteiger partial charge in [-0.2, -0.15) is 0 Å². The number of hydrogen-bond donors (Lipinski definition) is 0. The summed E-state index contributed by atoms with van der Waals surface area (Å²) >= 11 is 1.74. The van der Waals surface area contributed by atoms with E-state index in [4.69, 9.17) is 4.98 Å². The quantitative estimate of drug-likeness (QED) is 0.172. The molecule has 0 N–H and O–H groups in total. The van der Waals surface area contributed by atoms with Gasteiger partial charge in [-0.15, -0.1) is 11.3 Å². The van der Waals surface area contributed by atoms with Crippen molar-refractivity contribution in [3.63, 3.8) is 0 Å². The summed E-state index contributed by atoms with van der Waals surface area (Å²) in [6, 6.07) is 69.7. The molecule has 5 heteroatoms. The lowest BCUT2D eigenvalue weighted by Gasteiger charge is -2.27. The Morgan fingerprint density at radius 1 is 0.407 bits per heavy atom. The van der Waals surface area contributed by atoms with Crippen molar-refractivity contribution in [2.45, 2.75) is 0 Å². The van der Waals surface area contributed by atoms with E-state index in [0.717, 1.165) is 50.0 Å². The summed E-state index contributed by atoms with van der Waals surface area (Å²) in [5, 5.41) is 5.98. The molecule has 54 heavy (non-hydrogen) atoms. The Kier molecular flexibility index (Phi) is 7.00. The summed E-state index contributed by atoms with van der Waals surface area (Å²) in [7, 11) is 0. The van der Waals surface area contributed by atoms with Crippen LogP contribution in [-0.4, -0.2) is 14.1 Å². The Labute approximate surface area is 316 Å². The van der Waals surface area contributed by atoms with Gasteiger partial charge < -0.3 is 14.0 Å². The second-order valence-electron chi connectivity index (χ2n) is 13.6. The first-order chi connectivity index (χ1) is 26.8. The highest BCUT2D eigenvalue weighted by atomic mass is 32.1. The molecule has 0 radical (unpaired) electrons. The number of aromatic nitrogens is 3. The van der Waals surface area contributed by atoms with Gasteiger partial charge in [0.05, 0.1) is 38.0 Å². The molecule has 0 aliphatic heterocycles. The van der Waals surface area contributed by atoms with Crippen molar-refractivity contribution in [2.24, 2.45) is 0 Å². The Bertz CT molecular complexity index is 3070. The largest absolute Gasteiger partial charge is 0.310 e. The van der Waals surface area contributed by atoms with Crippen LogP contribution in [0, 0.1) is 0 Å². The van der Waals surface area contributed by atoms with Crippen molar-refractivity contribution in [1.82, 2.24) is 14.1 Å². The van der Waals surface area contributed by atoms with Crippen molar-refractivity contribution in [1.29, 1.82) is 0 Å². The number of anilines is 3. The number of para-hydroxylation sites is 5. The van der Waals surface area contributed by atoms with E-state index >= 15 is 0 Å². The van der Waals surface area contributed by atoms with Crippen LogP contribution in [0.25, 0.3) is 75.8 Å². The zero-order valence-electron chi connectivity index (χ0n) is 29.2. The SMILES string of the molecule is c1ccc(N(c2ccc(-n3c4ccccc4c4ccccc43)cc2)c2cccc3c2c2ccccc2n3-c2ccc(-c3nc4ccccc4s3)cc2)cc1. The Hall–Kier alpha value is -6.95. The minimum atomic E-state index is 1.04. The maximum Gasteiger partial charge on any atom is 0.124 e. The Morgan fingerprint density at radius 3 is 1.61 bits per heavy atom. The predicted molar refractivity (Wildman–Crippen MR) is 228 cm³/mol. The molecule has 0 amide bonds. The smallest absolute Gasteiger partial charge is 0.124 e. The van der Waals surface area contributed by atoms with E-state index in [1.54, 1.807) is 11.3 Å². The lowest BCUT2D eigenvalue weighted by atomic mass is 10.1. The van der Waals surface area contributed by atoms with Gasteiger partial charge in [-0.3, -0.25) is 0 Å². The van der Waals surface area contributed by atoms with Crippen LogP contribution in [0.3, 0.4) is 0 Å². The topological polar surface area (TPSA) is 26.0 Å². The van der Waals surface area contributed by atoms with Gasteiger partial charge >= 0.3 is 0 Å². The summed E-state index contributed by atoms with van der Waals surface area (Å²) in [6.45, 7) is 0. The third kappa shape index (κ3) is 4.79. The first-order valence-corrected chi connectivity index (χ1v) is 19.0. The zero-order valence-corrected chi connectivity index (χ0v) is 30.0. The molecule has 11 rings (SSSR count). The van der Waals surface area contributed by atoms with Gasteiger partial charge in [0.25, 0.3) is 0 Å². The van der Waals surface area contributed by atoms with E-state index in [2.05, 4.69) is 202 Å². The molecule has 0 aliphatic rings. The third-order valence-corrected chi connectivity index (χ3v) is 11.6. The van der Waals surface area contributed by atoms with E-state index in [0.29, 0.717) is 0 Å². The van der Waals surface area contributed by atoms with E-state index in [1.807, 2.05) is 6.07 Å². The number of hydrogen-bond acceptors (Lipinski definition) is 3. The molecule has 0 unspecified atom stereocenters. The van der Waals surface area contributed by atoms with Crippen molar-refractivity contribution < 1.29 is 0 Å². The molecule has 0 saturated heterocycles. The molecule has 3 aromatic heterocycles. The van der Waals surface area contributed by atoms with E-state index < -0.39 is 0 Å². The average molecular weight is 709 g/mol. The van der Waals surface area contributed by atoms with E-state index in [-0.39, 0.29) is 0 Å². The highest BCUT2D eigenvalue weighted by Gasteiger charge is 2.21. The summed E-state index contributed by atoms with van der Waals surface area (Å²) in [5.74, 6) is 0. The van der Waals surface area contributed by atoms with Crippen LogP contribution < -0.4 is 4.90 Å². The molecule has 4 nitrogen and oxygen atoms in total. The zero-order chi connectivity index (χ0) is 35.6. The van der Waals surface area contributed by atoms with Crippen LogP contribution in [0.2, 0.25) is 0 Å². The molecule has 11 aromatic rings. The fraction of sp³-hybridized carbons (Fsp3) is 0. The van der Waals surface area contributed by atoms with Gasteiger partial charge in [0, 0.05) is 49.9 Å². The summed E-state index contributed by atoms with van der Waals surface area (Å²) < 4.78 is 5.97. The normalized spacial score (nSPS) is 11.7. The van der Waals surface area contributed by atoms with Crippen molar-refractivity contribution in [2.75, 3.05) is 4.90 Å². The van der Waals surface area contributed by atoms with Crippen LogP contribution in [0.5, 0.6) is 0 Å². The lowest BCUT2D eigenvalue weighted by molar-refractivity contribution is 1.17. The molecule has 0 spiro atoms. The van der Waals surface area contributed by atoms with Crippen LogP contribution >= 0.6 is 11.3 Å². The van der Waals surface area contributed by atoms with Crippen molar-refractivity contribution in [3.05, 3.63) is 194 Å². The van der Waals surface area contributed by atoms with Gasteiger partial charge in [-0.1, -0.05) is 91.0 Å². The Morgan fingerprint density at radius 2 is 0.926 bits per heavy atom. The fourth-order valence-corrected chi connectivity index (χ4v) is 9.14. The standard InChI is InChI=1S/C49H32N4S/c1-2-13-34(14-3-1)51(35-29-31-37(32-30-35)52-42-19-8-4-15-38(42)39-16-5-9-20-43(39)52)45-22-12-23-46-48(45)40-17-6-10-21-44(40)53(46)36-27-25-33(26-28-36)49-50-41-18-7-11-24-47(41)54-49/h1-32H. The molecule has 3 heterocycles. The highest BCUT2D eigenvalue weighted by molar-refractivity contribution is 7.21. The molecule has 0 bridgehead atoms. The van der Waals surface area contributed by atoms with Gasteiger partial charge in [-0.25, -0.2) is 4.98 Å². The van der Waals surface area contributed by atoms with Crippen LogP contribution in [0.1, 0.15) is 0 Å². The third-order valence-electron chi connectivity index (χ3n) is 10.5. The monoisotopic (exact) mass is 708 g/mol. The maximum absolute atomic E-state index is 4.92. The first-order valence-electron chi connectivity index (χ1n) is 18.2. The number of fused-ring (bicyclic) bond motifs is 7. The van der Waals surface area contributed by atoms with Crippen molar-refractivity contribution >= 4 is 82.2 Å².